The third kappa shape index (κ3) is 4.56. The van der Waals surface area contributed by atoms with E-state index in [1.165, 1.54) is 0 Å². The van der Waals surface area contributed by atoms with Crippen molar-refractivity contribution < 1.29 is 29.3 Å². The lowest BCUT2D eigenvalue weighted by Crippen LogP contribution is -2.21. The summed E-state index contributed by atoms with van der Waals surface area (Å²) in [5.74, 6) is -2.79. The van der Waals surface area contributed by atoms with Gasteiger partial charge in [0.2, 0.25) is 5.91 Å². The van der Waals surface area contributed by atoms with Crippen molar-refractivity contribution in [2.75, 3.05) is 18.5 Å². The molecule has 0 aliphatic carbocycles. The molecule has 0 atom stereocenters. The van der Waals surface area contributed by atoms with Gasteiger partial charge in [-0.05, 0) is 33.6 Å². The van der Waals surface area contributed by atoms with Gasteiger partial charge in [-0.1, -0.05) is 12.1 Å². The molecule has 132 valence electrons. The number of carboxylic acids is 2. The third-order valence-corrected chi connectivity index (χ3v) is 5.19. The minimum absolute atomic E-state index is 0.0320. The zero-order valence-electron chi connectivity index (χ0n) is 12.6. The second kappa shape index (κ2) is 8.10. The molecule has 1 heterocycles. The number of hydrogen-bond acceptors (Lipinski definition) is 6. The molecular weight excluding hydrogens is 416 g/mol. The fourth-order valence-electron chi connectivity index (χ4n) is 1.90. The van der Waals surface area contributed by atoms with E-state index in [0.717, 1.165) is 11.3 Å². The number of hydrogen-bond donors (Lipinski definition) is 4. The fourth-order valence-corrected chi connectivity index (χ4v) is 3.80. The minimum atomic E-state index is -1.22. The number of amides is 1. The molecule has 0 unspecified atom stereocenters. The molecule has 0 aliphatic heterocycles. The van der Waals surface area contributed by atoms with Crippen LogP contribution in [0.5, 0.6) is 5.75 Å². The van der Waals surface area contributed by atoms with Crippen LogP contribution in [-0.4, -0.2) is 41.2 Å². The summed E-state index contributed by atoms with van der Waals surface area (Å²) in [5, 5.41) is 20.6. The number of benzene rings is 1. The van der Waals surface area contributed by atoms with Crippen LogP contribution in [0.2, 0.25) is 0 Å². The van der Waals surface area contributed by atoms with Crippen LogP contribution in [0.3, 0.4) is 0 Å². The predicted molar refractivity (Wildman–Crippen MR) is 95.2 cm³/mol. The summed E-state index contributed by atoms with van der Waals surface area (Å²) >= 11 is 4.22. The van der Waals surface area contributed by atoms with Crippen molar-refractivity contribution >= 4 is 50.8 Å². The SMILES string of the molecule is NCC(=O)Nc1ccc(-c2sc(C(=O)O)c(OCC(=O)O)c2Br)cc1. The van der Waals surface area contributed by atoms with Gasteiger partial charge in [-0.2, -0.15) is 0 Å². The van der Waals surface area contributed by atoms with Gasteiger partial charge in [0.15, 0.2) is 17.2 Å². The summed E-state index contributed by atoms with van der Waals surface area (Å²) in [5.41, 5.74) is 6.46. The monoisotopic (exact) mass is 428 g/mol. The van der Waals surface area contributed by atoms with E-state index in [2.05, 4.69) is 21.2 Å². The van der Waals surface area contributed by atoms with Gasteiger partial charge < -0.3 is 26.0 Å². The normalized spacial score (nSPS) is 10.3. The van der Waals surface area contributed by atoms with Crippen molar-refractivity contribution in [3.05, 3.63) is 33.6 Å². The number of halogens is 1. The molecule has 2 aromatic rings. The highest BCUT2D eigenvalue weighted by Crippen LogP contribution is 2.45. The quantitative estimate of drug-likeness (QED) is 0.529. The molecule has 8 nitrogen and oxygen atoms in total. The first kappa shape index (κ1) is 18.9. The standard InChI is InChI=1S/C15H13BrN2O6S/c16-11-12(24-6-10(20)21)14(15(22)23)25-13(11)7-1-3-8(4-2-7)18-9(19)5-17/h1-4H,5-6,17H2,(H,18,19)(H,20,21)(H,22,23). The molecule has 0 spiro atoms. The lowest BCUT2D eigenvalue weighted by atomic mass is 10.1. The number of thiophene rings is 1. The molecule has 25 heavy (non-hydrogen) atoms. The van der Waals surface area contributed by atoms with Crippen molar-refractivity contribution in [2.45, 2.75) is 0 Å². The van der Waals surface area contributed by atoms with Gasteiger partial charge in [0.05, 0.1) is 15.9 Å². The van der Waals surface area contributed by atoms with Crippen molar-refractivity contribution in [3.63, 3.8) is 0 Å². The Hall–Kier alpha value is -2.43. The van der Waals surface area contributed by atoms with Crippen LogP contribution in [0.15, 0.2) is 28.7 Å². The zero-order valence-corrected chi connectivity index (χ0v) is 15.0. The molecule has 2 rings (SSSR count). The van der Waals surface area contributed by atoms with E-state index in [1.54, 1.807) is 24.3 Å². The van der Waals surface area contributed by atoms with Crippen LogP contribution >= 0.6 is 27.3 Å². The first-order valence-electron chi connectivity index (χ1n) is 6.84. The summed E-state index contributed by atoms with van der Waals surface area (Å²) in [6.45, 7) is -0.788. The Balaban J connectivity index is 2.35. The lowest BCUT2D eigenvalue weighted by molar-refractivity contribution is -0.139. The van der Waals surface area contributed by atoms with Gasteiger partial charge in [0, 0.05) is 5.69 Å². The van der Waals surface area contributed by atoms with Gasteiger partial charge in [-0.15, -0.1) is 11.3 Å². The predicted octanol–water partition coefficient (Wildman–Crippen LogP) is 2.24. The Morgan fingerprint density at radius 1 is 1.20 bits per heavy atom. The smallest absolute Gasteiger partial charge is 0.349 e. The minimum Gasteiger partial charge on any atom is -0.479 e. The van der Waals surface area contributed by atoms with Gasteiger partial charge >= 0.3 is 11.9 Å². The van der Waals surface area contributed by atoms with E-state index in [9.17, 15) is 19.5 Å². The Morgan fingerprint density at radius 2 is 1.84 bits per heavy atom. The highest BCUT2D eigenvalue weighted by Gasteiger charge is 2.24. The van der Waals surface area contributed by atoms with Crippen LogP contribution in [0.4, 0.5) is 5.69 Å². The van der Waals surface area contributed by atoms with Crippen LogP contribution in [0, 0.1) is 0 Å². The van der Waals surface area contributed by atoms with Gasteiger partial charge in [0.1, 0.15) is 0 Å². The molecule has 0 radical (unpaired) electrons. The summed E-state index contributed by atoms with van der Waals surface area (Å²) < 4.78 is 5.45. The Bertz CT molecular complexity index is 818. The number of aromatic carboxylic acids is 1. The van der Waals surface area contributed by atoms with E-state index in [0.29, 0.717) is 20.6 Å². The summed E-state index contributed by atoms with van der Waals surface area (Å²) in [7, 11) is 0. The Kier molecular flexibility index (Phi) is 6.12. The highest BCUT2D eigenvalue weighted by atomic mass is 79.9. The van der Waals surface area contributed by atoms with Crippen molar-refractivity contribution in [3.8, 4) is 16.2 Å². The second-order valence-corrected chi connectivity index (χ2v) is 6.53. The molecule has 1 aromatic heterocycles. The van der Waals surface area contributed by atoms with Crippen molar-refractivity contribution in [1.29, 1.82) is 0 Å². The van der Waals surface area contributed by atoms with Crippen LogP contribution in [0.25, 0.3) is 10.4 Å². The van der Waals surface area contributed by atoms with E-state index >= 15 is 0 Å². The molecule has 10 heteroatoms. The Morgan fingerprint density at radius 3 is 2.36 bits per heavy atom. The lowest BCUT2D eigenvalue weighted by Gasteiger charge is -2.05. The van der Waals surface area contributed by atoms with Crippen LogP contribution < -0.4 is 15.8 Å². The maximum atomic E-state index is 11.4. The van der Waals surface area contributed by atoms with E-state index in [1.807, 2.05) is 0 Å². The molecular formula is C15H13BrN2O6S. The van der Waals surface area contributed by atoms with Crippen molar-refractivity contribution in [1.82, 2.24) is 0 Å². The number of carbonyl (C=O) groups excluding carboxylic acids is 1. The molecule has 1 amide bonds. The molecule has 0 saturated heterocycles. The maximum absolute atomic E-state index is 11.4. The van der Waals surface area contributed by atoms with E-state index in [-0.39, 0.29) is 23.1 Å². The summed E-state index contributed by atoms with van der Waals surface area (Å²) in [6.07, 6.45) is 0. The average molecular weight is 429 g/mol. The number of aliphatic carboxylic acids is 1. The number of nitrogens with one attached hydrogen (secondary N) is 1. The number of rotatable bonds is 7. The molecule has 0 bridgehead atoms. The number of ether oxygens (including phenoxy) is 1. The highest BCUT2D eigenvalue weighted by molar-refractivity contribution is 9.10. The first-order valence-corrected chi connectivity index (χ1v) is 8.45. The number of anilines is 1. The van der Waals surface area contributed by atoms with E-state index in [4.69, 9.17) is 15.6 Å². The average Bonchev–Trinajstić information content (AvgIpc) is 2.90. The number of carboxylic acid groups (broad SMARTS) is 2. The van der Waals surface area contributed by atoms with E-state index < -0.39 is 18.5 Å². The van der Waals surface area contributed by atoms with Gasteiger partial charge in [-0.25, -0.2) is 9.59 Å². The fraction of sp³-hybridized carbons (Fsp3) is 0.133. The Labute approximate surface area is 154 Å². The van der Waals surface area contributed by atoms with Crippen LogP contribution in [-0.2, 0) is 9.59 Å². The second-order valence-electron chi connectivity index (χ2n) is 4.72. The van der Waals surface area contributed by atoms with Crippen LogP contribution in [0.1, 0.15) is 9.67 Å². The molecule has 0 saturated carbocycles. The molecule has 0 fully saturated rings. The molecule has 5 N–H and O–H groups in total. The summed E-state index contributed by atoms with van der Waals surface area (Å²) in [6, 6.07) is 6.67. The zero-order chi connectivity index (χ0) is 18.6. The maximum Gasteiger partial charge on any atom is 0.349 e. The third-order valence-electron chi connectivity index (χ3n) is 2.96. The largest absolute Gasteiger partial charge is 0.479 e. The molecule has 0 aliphatic rings. The molecule has 1 aromatic carbocycles. The number of carbonyl (C=O) groups is 3. The topological polar surface area (TPSA) is 139 Å². The number of nitrogens with two attached hydrogens (primary N) is 1. The van der Waals surface area contributed by atoms with Crippen molar-refractivity contribution in [2.24, 2.45) is 5.73 Å². The van der Waals surface area contributed by atoms with Gasteiger partial charge in [-0.3, -0.25) is 4.79 Å². The first-order chi connectivity index (χ1) is 11.8. The van der Waals surface area contributed by atoms with Gasteiger partial charge in [0.25, 0.3) is 0 Å². The summed E-state index contributed by atoms with van der Waals surface area (Å²) in [4.78, 5) is 33.8.